The van der Waals surface area contributed by atoms with Crippen molar-refractivity contribution in [3.63, 3.8) is 0 Å². The van der Waals surface area contributed by atoms with Crippen LogP contribution in [0, 0.1) is 0 Å². The summed E-state index contributed by atoms with van der Waals surface area (Å²) < 4.78 is 17.4. The second kappa shape index (κ2) is 8.48. The molecule has 52 heavy (non-hydrogen) atoms. The molecular weight excluding hydrogens is 637 g/mol. The highest BCUT2D eigenvalue weighted by atomic mass is 16.5. The Labute approximate surface area is 297 Å². The highest BCUT2D eigenvalue weighted by Crippen LogP contribution is 2.59. The van der Waals surface area contributed by atoms with Gasteiger partial charge < -0.3 is 4.74 Å². The van der Waals surface area contributed by atoms with Crippen LogP contribution in [0.25, 0.3) is 88.9 Å². The summed E-state index contributed by atoms with van der Waals surface area (Å²) >= 11 is 0. The largest absolute Gasteiger partial charge is 0.456 e. The Hall–Kier alpha value is -6.98. The molecule has 0 aliphatic carbocycles. The molecule has 4 aliphatic heterocycles. The molecule has 6 aromatic carbocycles. The van der Waals surface area contributed by atoms with Gasteiger partial charge in [0.1, 0.15) is 33.7 Å². The minimum atomic E-state index is -0.726. The van der Waals surface area contributed by atoms with E-state index in [1.54, 1.807) is 0 Å². The fraction of sp³-hybridized carbons (Fsp3) is 0.0213. The van der Waals surface area contributed by atoms with Crippen LogP contribution in [-0.2, 0) is 5.66 Å². The summed E-state index contributed by atoms with van der Waals surface area (Å²) in [4.78, 5) is 0. The Bertz CT molecular complexity index is 3090. The number of ether oxygens (including phenoxy) is 1. The van der Waals surface area contributed by atoms with E-state index in [1.807, 2.05) is 0 Å². The third-order valence-electron chi connectivity index (χ3n) is 12.2. The third kappa shape index (κ3) is 2.66. The second-order valence-corrected chi connectivity index (χ2v) is 14.5. The number of hydrogen-bond acceptors (Lipinski definition) is 1. The first-order valence-electron chi connectivity index (χ1n) is 17.9. The molecule has 4 aromatic heterocycles. The van der Waals surface area contributed by atoms with Crippen LogP contribution in [0.1, 0.15) is 11.1 Å². The SMILES string of the molecule is c1ccc(-c2cc3[n+]4c(c2)-n2c5ccccc5c5ccc6c(c52)C42c4c(ccc5c7ccccc7n(c45)-c4cc(-c5ccccc5)cc-3[n+]42)O6)cc1. The van der Waals surface area contributed by atoms with Crippen molar-refractivity contribution in [1.29, 1.82) is 0 Å². The van der Waals surface area contributed by atoms with Gasteiger partial charge in [-0.05, 0) is 82.9 Å². The predicted octanol–water partition coefficient (Wildman–Crippen LogP) is 9.80. The van der Waals surface area contributed by atoms with Gasteiger partial charge in [0.25, 0.3) is 11.6 Å². The predicted molar refractivity (Wildman–Crippen MR) is 203 cm³/mol. The lowest BCUT2D eigenvalue weighted by atomic mass is 9.82. The lowest BCUT2D eigenvalue weighted by Gasteiger charge is -2.38. The Kier molecular flexibility index (Phi) is 4.23. The number of hydrogen-bond donors (Lipinski definition) is 0. The van der Waals surface area contributed by atoms with E-state index in [0.29, 0.717) is 0 Å². The van der Waals surface area contributed by atoms with Gasteiger partial charge >= 0.3 is 5.66 Å². The van der Waals surface area contributed by atoms with Gasteiger partial charge in [-0.25, -0.2) is 0 Å². The molecule has 238 valence electrons. The molecule has 5 nitrogen and oxygen atoms in total. The average molecular weight is 663 g/mol. The summed E-state index contributed by atoms with van der Waals surface area (Å²) in [6, 6.07) is 58.0. The maximum Gasteiger partial charge on any atom is 0.323 e. The molecule has 10 aromatic rings. The first kappa shape index (κ1) is 25.9. The number of fused-ring (bicyclic) bond motifs is 9. The van der Waals surface area contributed by atoms with Gasteiger partial charge in [-0.3, -0.25) is 0 Å². The molecule has 0 saturated carbocycles. The number of rotatable bonds is 2. The molecule has 4 aliphatic rings. The molecule has 0 fully saturated rings. The number of nitrogens with zero attached hydrogens (tertiary/aromatic N) is 4. The summed E-state index contributed by atoms with van der Waals surface area (Å²) in [5.41, 5.74) is 13.6. The van der Waals surface area contributed by atoms with Crippen LogP contribution in [-0.4, -0.2) is 9.13 Å². The van der Waals surface area contributed by atoms with Crippen molar-refractivity contribution >= 4 is 43.6 Å². The van der Waals surface area contributed by atoms with Crippen LogP contribution in [0.15, 0.2) is 158 Å². The Morgan fingerprint density at radius 3 is 1.33 bits per heavy atom. The summed E-state index contributed by atoms with van der Waals surface area (Å²) in [7, 11) is 0. The van der Waals surface area contributed by atoms with Crippen LogP contribution < -0.4 is 13.9 Å². The maximum absolute atomic E-state index is 7.08. The molecule has 0 unspecified atom stereocenters. The third-order valence-corrected chi connectivity index (χ3v) is 12.2. The van der Waals surface area contributed by atoms with E-state index in [9.17, 15) is 0 Å². The van der Waals surface area contributed by atoms with Gasteiger partial charge in [-0.15, -0.1) is 0 Å². The van der Waals surface area contributed by atoms with Crippen LogP contribution in [0.5, 0.6) is 11.5 Å². The first-order valence-corrected chi connectivity index (χ1v) is 17.9. The molecule has 0 N–H and O–H groups in total. The maximum atomic E-state index is 7.08. The van der Waals surface area contributed by atoms with Crippen molar-refractivity contribution in [2.45, 2.75) is 5.66 Å². The minimum Gasteiger partial charge on any atom is -0.456 e. The molecule has 0 bridgehead atoms. The summed E-state index contributed by atoms with van der Waals surface area (Å²) in [6.45, 7) is 0. The monoisotopic (exact) mass is 662 g/mol. The Morgan fingerprint density at radius 2 is 0.846 bits per heavy atom. The topological polar surface area (TPSA) is 26.8 Å². The van der Waals surface area contributed by atoms with Gasteiger partial charge in [0.2, 0.25) is 0 Å². The van der Waals surface area contributed by atoms with Crippen molar-refractivity contribution in [2.24, 2.45) is 0 Å². The quantitative estimate of drug-likeness (QED) is 0.169. The van der Waals surface area contributed by atoms with Crippen molar-refractivity contribution in [3.8, 4) is 56.8 Å². The van der Waals surface area contributed by atoms with Crippen LogP contribution in [0.2, 0.25) is 0 Å². The van der Waals surface area contributed by atoms with E-state index in [4.69, 9.17) is 4.74 Å². The van der Waals surface area contributed by atoms with Crippen molar-refractivity contribution in [3.05, 3.63) is 169 Å². The zero-order valence-electron chi connectivity index (χ0n) is 27.7. The fourth-order valence-electron chi connectivity index (χ4n) is 10.3. The van der Waals surface area contributed by atoms with Gasteiger partial charge in [0, 0.05) is 33.7 Å². The highest BCUT2D eigenvalue weighted by molar-refractivity contribution is 6.14. The molecule has 1 spiro atoms. The molecule has 5 heteroatoms. The van der Waals surface area contributed by atoms with Gasteiger partial charge in [0.15, 0.2) is 22.4 Å². The number of pyridine rings is 2. The van der Waals surface area contributed by atoms with E-state index in [2.05, 4.69) is 176 Å². The smallest absolute Gasteiger partial charge is 0.323 e. The fourth-order valence-corrected chi connectivity index (χ4v) is 10.3. The van der Waals surface area contributed by atoms with Crippen LogP contribution in [0.4, 0.5) is 0 Å². The van der Waals surface area contributed by atoms with Gasteiger partial charge in [0.05, 0.1) is 0 Å². The van der Waals surface area contributed by atoms with Crippen molar-refractivity contribution in [1.82, 2.24) is 9.13 Å². The molecular formula is C47H26N4O+2. The molecule has 0 saturated heterocycles. The Morgan fingerprint density at radius 1 is 0.404 bits per heavy atom. The zero-order valence-corrected chi connectivity index (χ0v) is 27.7. The van der Waals surface area contributed by atoms with Crippen LogP contribution >= 0.6 is 0 Å². The molecule has 8 heterocycles. The highest BCUT2D eigenvalue weighted by Gasteiger charge is 2.69. The van der Waals surface area contributed by atoms with E-state index in [-0.39, 0.29) is 0 Å². The van der Waals surface area contributed by atoms with E-state index in [0.717, 1.165) is 23.1 Å². The molecule has 14 rings (SSSR count). The van der Waals surface area contributed by atoms with E-state index >= 15 is 0 Å². The van der Waals surface area contributed by atoms with E-state index in [1.165, 1.54) is 88.4 Å². The second-order valence-electron chi connectivity index (χ2n) is 14.5. The average Bonchev–Trinajstić information content (AvgIpc) is 3.83. The lowest BCUT2D eigenvalue weighted by Crippen LogP contribution is -2.75. The number of aromatic nitrogens is 4. The van der Waals surface area contributed by atoms with Gasteiger partial charge in [-0.1, -0.05) is 84.9 Å². The van der Waals surface area contributed by atoms with E-state index < -0.39 is 5.66 Å². The van der Waals surface area contributed by atoms with Crippen molar-refractivity contribution in [2.75, 3.05) is 0 Å². The van der Waals surface area contributed by atoms with Crippen molar-refractivity contribution < 1.29 is 13.9 Å². The normalized spacial score (nSPS) is 14.5. The van der Waals surface area contributed by atoms with Gasteiger partial charge in [-0.2, -0.15) is 18.3 Å². The molecule has 0 atom stereocenters. The lowest BCUT2D eigenvalue weighted by molar-refractivity contribution is -0.934. The zero-order chi connectivity index (χ0) is 33.4. The molecule has 0 radical (unpaired) electrons. The number of para-hydroxylation sites is 2. The molecule has 0 amide bonds. The first-order chi connectivity index (χ1) is 25.8. The standard InChI is InChI=1S/C47H26N4O/c1-3-11-27(12-4-1)29-23-37-38-24-30(28-13-5-2-6-14-28)26-42-49-36-18-10-8-16-32(36)34-20-22-40-44(46(34)49)47(51(38)42)43-39(52-40)21-19-33-31-15-7-9-17-35(31)48(45(33)43)41(25-29)50(37)47/h1-26H/q+2. The number of benzene rings is 6. The van der Waals surface area contributed by atoms with Crippen LogP contribution in [0.3, 0.4) is 0 Å². The summed E-state index contributed by atoms with van der Waals surface area (Å²) in [6.07, 6.45) is 0. The summed E-state index contributed by atoms with van der Waals surface area (Å²) in [5.74, 6) is 4.11. The minimum absolute atomic E-state index is 0.726. The Balaban J connectivity index is 1.30. The summed E-state index contributed by atoms with van der Waals surface area (Å²) in [5, 5.41) is 4.97.